The van der Waals surface area contributed by atoms with Crippen molar-refractivity contribution in [1.82, 2.24) is 0 Å². The molecule has 1 aromatic rings. The Morgan fingerprint density at radius 1 is 1.24 bits per heavy atom. The molecule has 0 saturated heterocycles. The van der Waals surface area contributed by atoms with Crippen LogP contribution in [0.25, 0.3) is 0 Å². The van der Waals surface area contributed by atoms with Crippen LogP contribution in [0, 0.1) is 5.92 Å². The van der Waals surface area contributed by atoms with Gasteiger partial charge in [-0.05, 0) is 25.0 Å². The topological polar surface area (TPSA) is 35.5 Å². The van der Waals surface area contributed by atoms with Gasteiger partial charge in [0.1, 0.15) is 12.4 Å². The summed E-state index contributed by atoms with van der Waals surface area (Å²) in [7, 11) is 0. The van der Waals surface area contributed by atoms with Crippen molar-refractivity contribution in [1.29, 1.82) is 0 Å². The molecule has 3 heteroatoms. The monoisotopic (exact) mass is 236 g/mol. The van der Waals surface area contributed by atoms with Crippen LogP contribution in [-0.4, -0.2) is 25.6 Å². The van der Waals surface area contributed by atoms with Crippen molar-refractivity contribution in [2.45, 2.75) is 20.8 Å². The second-order valence-electron chi connectivity index (χ2n) is 4.37. The number of benzene rings is 1. The number of carbonyl (C=O) groups is 1. The molecule has 0 amide bonds. The first-order chi connectivity index (χ1) is 8.11. The summed E-state index contributed by atoms with van der Waals surface area (Å²) in [5.41, 5.74) is 0.622. The number of carbonyl (C=O) groups excluding carboxylic acids is 1. The zero-order valence-electron chi connectivity index (χ0n) is 10.7. The maximum absolute atomic E-state index is 11.3. The molecule has 1 rings (SSSR count). The van der Waals surface area contributed by atoms with E-state index in [1.54, 1.807) is 12.1 Å². The number of hydrogen-bond donors (Lipinski definition) is 0. The van der Waals surface area contributed by atoms with Crippen molar-refractivity contribution in [3.8, 4) is 5.75 Å². The van der Waals surface area contributed by atoms with E-state index in [0.717, 1.165) is 6.61 Å². The molecule has 0 saturated carbocycles. The Balaban J connectivity index is 2.39. The fourth-order valence-corrected chi connectivity index (χ4v) is 1.41. The van der Waals surface area contributed by atoms with Crippen LogP contribution in [0.4, 0.5) is 0 Å². The predicted octanol–water partition coefficient (Wildman–Crippen LogP) is 2.94. The van der Waals surface area contributed by atoms with Crippen molar-refractivity contribution in [2.24, 2.45) is 5.92 Å². The second-order valence-corrected chi connectivity index (χ2v) is 4.37. The van der Waals surface area contributed by atoms with Crippen LogP contribution in [0.15, 0.2) is 24.3 Å². The summed E-state index contributed by atoms with van der Waals surface area (Å²) >= 11 is 0. The number of para-hydroxylation sites is 1. The minimum Gasteiger partial charge on any atom is -0.490 e. The van der Waals surface area contributed by atoms with Gasteiger partial charge in [0.2, 0.25) is 0 Å². The number of rotatable bonds is 7. The highest BCUT2D eigenvalue weighted by molar-refractivity contribution is 5.96. The predicted molar refractivity (Wildman–Crippen MR) is 67.6 cm³/mol. The Labute approximate surface area is 103 Å². The van der Waals surface area contributed by atoms with E-state index in [0.29, 0.717) is 30.4 Å². The van der Waals surface area contributed by atoms with Gasteiger partial charge in [-0.25, -0.2) is 0 Å². The maximum atomic E-state index is 11.3. The molecule has 1 aromatic carbocycles. The minimum absolute atomic E-state index is 0.0173. The van der Waals surface area contributed by atoms with E-state index in [-0.39, 0.29) is 5.78 Å². The average molecular weight is 236 g/mol. The normalized spacial score (nSPS) is 10.6. The Morgan fingerprint density at radius 3 is 2.59 bits per heavy atom. The molecule has 17 heavy (non-hydrogen) atoms. The van der Waals surface area contributed by atoms with Crippen molar-refractivity contribution < 1.29 is 14.3 Å². The SMILES string of the molecule is CC(=O)c1ccccc1OCCOCC(C)C. The number of ketones is 1. The standard InChI is InChI=1S/C14H20O3/c1-11(2)10-16-8-9-17-14-7-5-4-6-13(14)12(3)15/h4-7,11H,8-10H2,1-3H3. The Hall–Kier alpha value is -1.35. The summed E-state index contributed by atoms with van der Waals surface area (Å²) in [5.74, 6) is 1.18. The van der Waals surface area contributed by atoms with Gasteiger partial charge in [-0.15, -0.1) is 0 Å². The molecule has 0 radical (unpaired) electrons. The first-order valence-corrected chi connectivity index (χ1v) is 5.91. The largest absolute Gasteiger partial charge is 0.490 e. The molecule has 0 bridgehead atoms. The fourth-order valence-electron chi connectivity index (χ4n) is 1.41. The van der Waals surface area contributed by atoms with E-state index in [9.17, 15) is 4.79 Å². The van der Waals surface area contributed by atoms with E-state index in [2.05, 4.69) is 13.8 Å². The van der Waals surface area contributed by atoms with E-state index in [1.807, 2.05) is 12.1 Å². The number of ether oxygens (including phenoxy) is 2. The third-order valence-corrected chi connectivity index (χ3v) is 2.20. The molecule has 0 spiro atoms. The molecule has 94 valence electrons. The molecule has 0 heterocycles. The highest BCUT2D eigenvalue weighted by atomic mass is 16.5. The molecule has 0 aliphatic heterocycles. The molecule has 0 atom stereocenters. The van der Waals surface area contributed by atoms with Crippen molar-refractivity contribution in [3.63, 3.8) is 0 Å². The molecule has 3 nitrogen and oxygen atoms in total. The van der Waals surface area contributed by atoms with Crippen LogP contribution in [0.2, 0.25) is 0 Å². The molecule has 0 unspecified atom stereocenters. The summed E-state index contributed by atoms with van der Waals surface area (Å²) in [5, 5.41) is 0. The van der Waals surface area contributed by atoms with Crippen molar-refractivity contribution >= 4 is 5.78 Å². The molecule has 0 aliphatic carbocycles. The third-order valence-electron chi connectivity index (χ3n) is 2.20. The third kappa shape index (κ3) is 5.00. The lowest BCUT2D eigenvalue weighted by molar-refractivity contribution is 0.0810. The van der Waals surface area contributed by atoms with Crippen LogP contribution >= 0.6 is 0 Å². The van der Waals surface area contributed by atoms with Crippen LogP contribution in [-0.2, 0) is 4.74 Å². The van der Waals surface area contributed by atoms with Gasteiger partial charge < -0.3 is 9.47 Å². The van der Waals surface area contributed by atoms with Crippen LogP contribution in [0.5, 0.6) is 5.75 Å². The van der Waals surface area contributed by atoms with Crippen molar-refractivity contribution in [2.75, 3.05) is 19.8 Å². The second kappa shape index (κ2) is 7.07. The lowest BCUT2D eigenvalue weighted by atomic mass is 10.1. The first-order valence-electron chi connectivity index (χ1n) is 5.91. The Morgan fingerprint density at radius 2 is 1.94 bits per heavy atom. The quantitative estimate of drug-likeness (QED) is 0.539. The van der Waals surface area contributed by atoms with Crippen LogP contribution < -0.4 is 4.74 Å². The van der Waals surface area contributed by atoms with Crippen LogP contribution in [0.3, 0.4) is 0 Å². The highest BCUT2D eigenvalue weighted by Crippen LogP contribution is 2.18. The van der Waals surface area contributed by atoms with Gasteiger partial charge in [-0.1, -0.05) is 26.0 Å². The highest BCUT2D eigenvalue weighted by Gasteiger charge is 2.06. The lowest BCUT2D eigenvalue weighted by Crippen LogP contribution is -2.11. The summed E-state index contributed by atoms with van der Waals surface area (Å²) in [6.45, 7) is 7.49. The summed E-state index contributed by atoms with van der Waals surface area (Å²) < 4.78 is 10.9. The molecular formula is C14H20O3. The number of Topliss-reactive ketones (excluding diaryl/α,β-unsaturated/α-hetero) is 1. The zero-order chi connectivity index (χ0) is 12.7. The Kier molecular flexibility index (Phi) is 5.70. The van der Waals surface area contributed by atoms with Crippen LogP contribution in [0.1, 0.15) is 31.1 Å². The van der Waals surface area contributed by atoms with Gasteiger partial charge in [0.25, 0.3) is 0 Å². The van der Waals surface area contributed by atoms with Gasteiger partial charge in [0, 0.05) is 6.61 Å². The Bertz CT molecular complexity index is 358. The lowest BCUT2D eigenvalue weighted by Gasteiger charge is -2.10. The summed E-state index contributed by atoms with van der Waals surface area (Å²) in [6.07, 6.45) is 0. The number of hydrogen-bond acceptors (Lipinski definition) is 3. The zero-order valence-corrected chi connectivity index (χ0v) is 10.7. The van der Waals surface area contributed by atoms with E-state index in [4.69, 9.17) is 9.47 Å². The van der Waals surface area contributed by atoms with E-state index in [1.165, 1.54) is 6.92 Å². The van der Waals surface area contributed by atoms with E-state index < -0.39 is 0 Å². The average Bonchev–Trinajstić information content (AvgIpc) is 2.28. The summed E-state index contributed by atoms with van der Waals surface area (Å²) in [4.78, 5) is 11.3. The smallest absolute Gasteiger partial charge is 0.163 e. The maximum Gasteiger partial charge on any atom is 0.163 e. The van der Waals surface area contributed by atoms with Gasteiger partial charge in [0.15, 0.2) is 5.78 Å². The van der Waals surface area contributed by atoms with Crippen molar-refractivity contribution in [3.05, 3.63) is 29.8 Å². The first kappa shape index (κ1) is 13.7. The van der Waals surface area contributed by atoms with Gasteiger partial charge in [0.05, 0.1) is 12.2 Å². The fraction of sp³-hybridized carbons (Fsp3) is 0.500. The van der Waals surface area contributed by atoms with Gasteiger partial charge in [-0.2, -0.15) is 0 Å². The molecular weight excluding hydrogens is 216 g/mol. The molecule has 0 aliphatic rings. The summed E-state index contributed by atoms with van der Waals surface area (Å²) in [6, 6.07) is 7.27. The molecule has 0 N–H and O–H groups in total. The molecule has 0 fully saturated rings. The molecule has 0 aromatic heterocycles. The minimum atomic E-state index is 0.0173. The van der Waals surface area contributed by atoms with E-state index >= 15 is 0 Å². The van der Waals surface area contributed by atoms with Gasteiger partial charge in [-0.3, -0.25) is 4.79 Å². The van der Waals surface area contributed by atoms with Gasteiger partial charge >= 0.3 is 0 Å².